The van der Waals surface area contributed by atoms with Gasteiger partial charge in [0.05, 0.1) is 16.4 Å². The number of carbonyl (C=O) groups is 2. The van der Waals surface area contributed by atoms with E-state index in [-0.39, 0.29) is 24.4 Å². The van der Waals surface area contributed by atoms with Gasteiger partial charge in [-0.05, 0) is 24.7 Å². The number of nitrogens with zero attached hydrogens (tertiary/aromatic N) is 2. The maximum Gasteiger partial charge on any atom is 0.491 e. The second-order valence-corrected chi connectivity index (χ2v) is 6.00. The Bertz CT molecular complexity index is 869. The van der Waals surface area contributed by atoms with E-state index in [2.05, 4.69) is 15.2 Å². The summed E-state index contributed by atoms with van der Waals surface area (Å²) in [7, 11) is 0. The molecule has 1 aromatic carbocycles. The molecule has 4 N–H and O–H groups in total. The van der Waals surface area contributed by atoms with Gasteiger partial charge in [0.25, 0.3) is 0 Å². The van der Waals surface area contributed by atoms with Crippen molar-refractivity contribution in [2.45, 2.75) is 18.6 Å². The third-order valence-electron chi connectivity index (χ3n) is 3.71. The molecule has 1 amide bonds. The van der Waals surface area contributed by atoms with Gasteiger partial charge >= 0.3 is 24.2 Å². The number of alkyl halides is 3. The molecule has 1 fully saturated rings. The fraction of sp³-hybridized carbons (Fsp3) is 0.286. The molecule has 1 unspecified atom stereocenters. The summed E-state index contributed by atoms with van der Waals surface area (Å²) in [4.78, 5) is 33.9. The van der Waals surface area contributed by atoms with Gasteiger partial charge in [0, 0.05) is 6.42 Å². The van der Waals surface area contributed by atoms with Crippen LogP contribution in [0.4, 0.5) is 28.0 Å². The van der Waals surface area contributed by atoms with E-state index in [0.717, 1.165) is 29.5 Å². The SMILES string of the molecule is NCCC1=CONN1C1(OC(=O)C(F)(F)F)NOC(=O)N1c1ccc(F)c(Cl)c1. The summed E-state index contributed by atoms with van der Waals surface area (Å²) in [6.07, 6.45) is -5.61. The molecule has 0 bridgehead atoms. The Morgan fingerprint density at radius 2 is 2.10 bits per heavy atom. The number of anilines is 1. The predicted molar refractivity (Wildman–Crippen MR) is 86.2 cm³/mol. The molecule has 1 atom stereocenters. The second-order valence-electron chi connectivity index (χ2n) is 5.59. The molecule has 1 aromatic rings. The number of amides is 1. The van der Waals surface area contributed by atoms with Crippen molar-refractivity contribution in [2.24, 2.45) is 5.73 Å². The Hall–Kier alpha value is -2.81. The molecule has 0 spiro atoms. The molecule has 0 aromatic heterocycles. The van der Waals surface area contributed by atoms with Gasteiger partial charge in [0.1, 0.15) is 12.1 Å². The Morgan fingerprint density at radius 3 is 2.72 bits per heavy atom. The van der Waals surface area contributed by atoms with Crippen LogP contribution in [0.25, 0.3) is 0 Å². The van der Waals surface area contributed by atoms with E-state index in [9.17, 15) is 27.2 Å². The van der Waals surface area contributed by atoms with Crippen LogP contribution in [0, 0.1) is 5.82 Å². The van der Waals surface area contributed by atoms with Crippen molar-refractivity contribution in [2.75, 3.05) is 11.4 Å². The average Bonchev–Trinajstić information content (AvgIpc) is 3.23. The Kier molecular flexibility index (Phi) is 5.44. The van der Waals surface area contributed by atoms with Crippen molar-refractivity contribution in [3.05, 3.63) is 41.0 Å². The highest BCUT2D eigenvalue weighted by Crippen LogP contribution is 2.37. The Balaban J connectivity index is 2.12. The quantitative estimate of drug-likeness (QED) is 0.462. The lowest BCUT2D eigenvalue weighted by Crippen LogP contribution is -2.69. The van der Waals surface area contributed by atoms with Gasteiger partial charge in [-0.2, -0.15) is 13.2 Å². The Labute approximate surface area is 164 Å². The molecule has 158 valence electrons. The van der Waals surface area contributed by atoms with Gasteiger partial charge in [-0.1, -0.05) is 22.7 Å². The Morgan fingerprint density at radius 1 is 1.38 bits per heavy atom. The lowest BCUT2D eigenvalue weighted by molar-refractivity contribution is -0.254. The first kappa shape index (κ1) is 20.9. The number of rotatable bonds is 5. The van der Waals surface area contributed by atoms with Gasteiger partial charge in [-0.15, -0.1) is 0 Å². The highest BCUT2D eigenvalue weighted by Gasteiger charge is 2.62. The molecule has 0 radical (unpaired) electrons. The number of nitrogens with one attached hydrogen (secondary N) is 2. The van der Waals surface area contributed by atoms with Crippen LogP contribution < -0.4 is 21.7 Å². The molecule has 2 aliphatic heterocycles. The standard InChI is InChI=1S/C14H12ClF4N5O5/c15-9-5-7(1-2-10(9)16)23-12(26)29-21-14(23,28-11(25)13(17,18)19)24-8(3-4-20)6-27-22-24/h1-2,5-6,21-22H,3-4,20H2. The molecule has 15 heteroatoms. The highest BCUT2D eigenvalue weighted by atomic mass is 35.5. The number of hydrogen-bond donors (Lipinski definition) is 3. The topological polar surface area (TPSA) is 118 Å². The van der Waals surface area contributed by atoms with Crippen LogP contribution in [0.15, 0.2) is 30.2 Å². The first-order valence-corrected chi connectivity index (χ1v) is 8.12. The fourth-order valence-corrected chi connectivity index (χ4v) is 2.68. The zero-order valence-electron chi connectivity index (χ0n) is 14.1. The molecule has 3 rings (SSSR count). The first-order chi connectivity index (χ1) is 13.6. The van der Waals surface area contributed by atoms with Crippen molar-refractivity contribution in [3.8, 4) is 0 Å². The lowest BCUT2D eigenvalue weighted by Gasteiger charge is -2.40. The minimum absolute atomic E-state index is 0.0217. The van der Waals surface area contributed by atoms with Gasteiger partial charge in [0.2, 0.25) is 0 Å². The fourth-order valence-electron chi connectivity index (χ4n) is 2.51. The highest BCUT2D eigenvalue weighted by molar-refractivity contribution is 6.31. The molecular weight excluding hydrogens is 430 g/mol. The van der Waals surface area contributed by atoms with Gasteiger partial charge < -0.3 is 20.1 Å². The maximum atomic E-state index is 13.5. The summed E-state index contributed by atoms with van der Waals surface area (Å²) in [5.74, 6) is -6.29. The molecule has 0 saturated carbocycles. The number of hydroxylamine groups is 1. The van der Waals surface area contributed by atoms with E-state index >= 15 is 0 Å². The van der Waals surface area contributed by atoms with Crippen LogP contribution in [0.3, 0.4) is 0 Å². The lowest BCUT2D eigenvalue weighted by atomic mass is 10.2. The molecule has 10 nitrogen and oxygen atoms in total. The number of ether oxygens (including phenoxy) is 1. The second kappa shape index (κ2) is 7.55. The van der Waals surface area contributed by atoms with E-state index in [4.69, 9.17) is 22.2 Å². The maximum absolute atomic E-state index is 13.5. The number of esters is 1. The van der Waals surface area contributed by atoms with E-state index < -0.39 is 35.1 Å². The normalized spacial score (nSPS) is 21.7. The summed E-state index contributed by atoms with van der Waals surface area (Å²) >= 11 is 5.71. The first-order valence-electron chi connectivity index (χ1n) is 7.74. The molecule has 0 aliphatic carbocycles. The summed E-state index contributed by atoms with van der Waals surface area (Å²) < 4.78 is 56.9. The van der Waals surface area contributed by atoms with Crippen molar-refractivity contribution >= 4 is 29.4 Å². The number of halogens is 5. The number of benzene rings is 1. The molecule has 1 saturated heterocycles. The van der Waals surface area contributed by atoms with Gasteiger partial charge in [-0.3, -0.25) is 0 Å². The number of hydrazine groups is 1. The van der Waals surface area contributed by atoms with Crippen LogP contribution in [0.2, 0.25) is 5.02 Å². The molecule has 29 heavy (non-hydrogen) atoms. The van der Waals surface area contributed by atoms with Crippen molar-refractivity contribution in [3.63, 3.8) is 0 Å². The number of carbonyl (C=O) groups excluding carboxylic acids is 2. The zero-order valence-corrected chi connectivity index (χ0v) is 14.9. The van der Waals surface area contributed by atoms with E-state index in [1.165, 1.54) is 0 Å². The zero-order chi connectivity index (χ0) is 21.4. The van der Waals surface area contributed by atoms with Crippen LogP contribution >= 0.6 is 11.6 Å². The summed E-state index contributed by atoms with van der Waals surface area (Å²) in [5, 5.41) is 0.285. The van der Waals surface area contributed by atoms with Crippen LogP contribution in [0.1, 0.15) is 6.42 Å². The average molecular weight is 442 g/mol. The predicted octanol–water partition coefficient (Wildman–Crippen LogP) is 1.60. The largest absolute Gasteiger partial charge is 0.491 e. The minimum Gasteiger partial charge on any atom is -0.395 e. The monoisotopic (exact) mass is 441 g/mol. The van der Waals surface area contributed by atoms with E-state index in [1.807, 2.05) is 5.48 Å². The molecule has 2 heterocycles. The van der Waals surface area contributed by atoms with Crippen molar-refractivity contribution < 1.29 is 41.6 Å². The van der Waals surface area contributed by atoms with Crippen LogP contribution in [-0.4, -0.2) is 35.8 Å². The van der Waals surface area contributed by atoms with E-state index in [0.29, 0.717) is 4.90 Å². The number of hydrogen-bond acceptors (Lipinski definition) is 9. The smallest absolute Gasteiger partial charge is 0.395 e. The molecular formula is C14H12ClF4N5O5. The van der Waals surface area contributed by atoms with Gasteiger partial charge in [0.15, 0.2) is 0 Å². The third kappa shape index (κ3) is 3.74. The van der Waals surface area contributed by atoms with Crippen LogP contribution in [0.5, 0.6) is 0 Å². The summed E-state index contributed by atoms with van der Waals surface area (Å²) in [6, 6.07) is 2.78. The van der Waals surface area contributed by atoms with Gasteiger partial charge in [-0.25, -0.2) is 23.9 Å². The van der Waals surface area contributed by atoms with Crippen molar-refractivity contribution in [1.82, 2.24) is 16.1 Å². The summed E-state index contributed by atoms with van der Waals surface area (Å²) in [5.41, 5.74) is 9.40. The van der Waals surface area contributed by atoms with E-state index in [1.54, 1.807) is 0 Å². The molecule has 2 aliphatic rings. The van der Waals surface area contributed by atoms with Crippen molar-refractivity contribution in [1.29, 1.82) is 0 Å². The minimum atomic E-state index is -5.43. The number of nitrogens with two attached hydrogens (primary N) is 1. The summed E-state index contributed by atoms with van der Waals surface area (Å²) in [6.45, 7) is 0.0217. The van der Waals surface area contributed by atoms with Crippen LogP contribution in [-0.2, 0) is 19.2 Å². The third-order valence-corrected chi connectivity index (χ3v) is 4.00.